The summed E-state index contributed by atoms with van der Waals surface area (Å²) in [5, 5.41) is 2.59. The van der Waals surface area contributed by atoms with Crippen LogP contribution >= 0.6 is 0 Å². The molecule has 0 spiro atoms. The first kappa shape index (κ1) is 15.2. The van der Waals surface area contributed by atoms with Crippen molar-refractivity contribution in [2.45, 2.75) is 25.5 Å². The number of aromatic nitrogens is 3. The van der Waals surface area contributed by atoms with Crippen molar-refractivity contribution >= 4 is 11.6 Å². The quantitative estimate of drug-likeness (QED) is 0.847. The minimum atomic E-state index is -0.629. The van der Waals surface area contributed by atoms with E-state index < -0.39 is 17.2 Å². The first-order valence-electron chi connectivity index (χ1n) is 7.30. The summed E-state index contributed by atoms with van der Waals surface area (Å²) in [4.78, 5) is 42.8. The Bertz CT molecular complexity index is 806. The minimum Gasteiger partial charge on any atom is -0.376 e. The summed E-state index contributed by atoms with van der Waals surface area (Å²) in [6.07, 6.45) is 5.70. The molecule has 1 fully saturated rings. The number of rotatable bonds is 4. The predicted octanol–water partition coefficient (Wildman–Crippen LogP) is 0.363. The second-order valence-corrected chi connectivity index (χ2v) is 5.25. The number of nitrogens with one attached hydrogen (secondary N) is 2. The van der Waals surface area contributed by atoms with E-state index in [4.69, 9.17) is 4.74 Å². The van der Waals surface area contributed by atoms with Gasteiger partial charge in [-0.05, 0) is 25.0 Å². The van der Waals surface area contributed by atoms with Gasteiger partial charge >= 0.3 is 5.69 Å². The number of aromatic amines is 1. The Morgan fingerprint density at radius 1 is 1.39 bits per heavy atom. The van der Waals surface area contributed by atoms with Gasteiger partial charge in [0.1, 0.15) is 5.56 Å². The van der Waals surface area contributed by atoms with Crippen LogP contribution in [0.25, 0.3) is 0 Å². The molecule has 2 aromatic heterocycles. The molecule has 8 heteroatoms. The van der Waals surface area contributed by atoms with Crippen LogP contribution in [-0.4, -0.2) is 33.2 Å². The van der Waals surface area contributed by atoms with E-state index in [-0.39, 0.29) is 18.2 Å². The fraction of sp³-hybridized carbons (Fsp3) is 0.333. The first-order valence-corrected chi connectivity index (χ1v) is 7.30. The molecule has 1 aliphatic rings. The lowest BCUT2D eigenvalue weighted by atomic mass is 10.2. The molecule has 120 valence electrons. The molecule has 1 unspecified atom stereocenters. The molecule has 1 amide bonds. The van der Waals surface area contributed by atoms with Crippen LogP contribution < -0.4 is 16.6 Å². The molecule has 0 radical (unpaired) electrons. The number of ether oxygens (including phenoxy) is 1. The van der Waals surface area contributed by atoms with Crippen LogP contribution in [0.15, 0.2) is 40.3 Å². The number of hydrogen-bond acceptors (Lipinski definition) is 5. The predicted molar refractivity (Wildman–Crippen MR) is 82.5 cm³/mol. The molecule has 0 saturated carbocycles. The lowest BCUT2D eigenvalue weighted by Crippen LogP contribution is -2.41. The van der Waals surface area contributed by atoms with E-state index in [0.29, 0.717) is 12.3 Å². The van der Waals surface area contributed by atoms with Gasteiger partial charge in [-0.2, -0.15) is 0 Å². The van der Waals surface area contributed by atoms with Gasteiger partial charge in [-0.3, -0.25) is 19.1 Å². The Kier molecular flexibility index (Phi) is 4.33. The van der Waals surface area contributed by atoms with Gasteiger partial charge in [0.2, 0.25) is 0 Å². The number of hydrogen-bond donors (Lipinski definition) is 2. The number of nitrogens with zero attached hydrogens (tertiary/aromatic N) is 2. The molecule has 0 aromatic carbocycles. The van der Waals surface area contributed by atoms with Gasteiger partial charge in [0, 0.05) is 30.9 Å². The second kappa shape index (κ2) is 6.57. The third-order valence-corrected chi connectivity index (χ3v) is 3.65. The highest BCUT2D eigenvalue weighted by Gasteiger charge is 2.20. The van der Waals surface area contributed by atoms with Gasteiger partial charge in [-0.15, -0.1) is 0 Å². The SMILES string of the molecule is O=C(Nc1ccncc1)c1c[nH]c(=O)n(CC2CCCO2)c1=O. The van der Waals surface area contributed by atoms with Crippen LogP contribution in [0.5, 0.6) is 0 Å². The first-order chi connectivity index (χ1) is 11.1. The third-order valence-electron chi connectivity index (χ3n) is 3.65. The number of pyridine rings is 1. The Labute approximate surface area is 131 Å². The molecule has 8 nitrogen and oxygen atoms in total. The Balaban J connectivity index is 1.86. The average molecular weight is 316 g/mol. The summed E-state index contributed by atoms with van der Waals surface area (Å²) in [6, 6.07) is 3.21. The fourth-order valence-corrected chi connectivity index (χ4v) is 2.47. The Morgan fingerprint density at radius 2 is 2.17 bits per heavy atom. The molecule has 2 N–H and O–H groups in total. The van der Waals surface area contributed by atoms with Crippen LogP contribution in [-0.2, 0) is 11.3 Å². The molecule has 2 aromatic rings. The van der Waals surface area contributed by atoms with E-state index in [1.54, 1.807) is 12.1 Å². The van der Waals surface area contributed by atoms with E-state index >= 15 is 0 Å². The maximum atomic E-state index is 12.4. The zero-order chi connectivity index (χ0) is 16.2. The summed E-state index contributed by atoms with van der Waals surface area (Å²) in [5.74, 6) is -0.585. The summed E-state index contributed by atoms with van der Waals surface area (Å²) in [6.45, 7) is 0.768. The maximum Gasteiger partial charge on any atom is 0.328 e. The number of amides is 1. The highest BCUT2D eigenvalue weighted by atomic mass is 16.5. The van der Waals surface area contributed by atoms with Gasteiger partial charge in [0.15, 0.2) is 0 Å². The minimum absolute atomic E-state index is 0.126. The third kappa shape index (κ3) is 3.37. The average Bonchev–Trinajstić information content (AvgIpc) is 3.05. The normalized spacial score (nSPS) is 17.1. The van der Waals surface area contributed by atoms with Gasteiger partial charge in [-0.25, -0.2) is 4.79 Å². The summed E-state index contributed by atoms with van der Waals surface area (Å²) in [7, 11) is 0. The molecule has 0 bridgehead atoms. The van der Waals surface area contributed by atoms with Crippen molar-refractivity contribution in [2.75, 3.05) is 11.9 Å². The van der Waals surface area contributed by atoms with Gasteiger partial charge < -0.3 is 15.0 Å². The van der Waals surface area contributed by atoms with Gasteiger partial charge in [-0.1, -0.05) is 0 Å². The molecule has 1 atom stereocenters. The highest BCUT2D eigenvalue weighted by Crippen LogP contribution is 2.12. The lowest BCUT2D eigenvalue weighted by Gasteiger charge is -2.12. The van der Waals surface area contributed by atoms with E-state index in [9.17, 15) is 14.4 Å². The zero-order valence-electron chi connectivity index (χ0n) is 12.3. The lowest BCUT2D eigenvalue weighted by molar-refractivity contribution is 0.0941. The zero-order valence-corrected chi connectivity index (χ0v) is 12.3. The van der Waals surface area contributed by atoms with Crippen molar-refractivity contribution < 1.29 is 9.53 Å². The second-order valence-electron chi connectivity index (χ2n) is 5.25. The van der Waals surface area contributed by atoms with Crippen molar-refractivity contribution in [2.24, 2.45) is 0 Å². The van der Waals surface area contributed by atoms with Crippen LogP contribution in [0.2, 0.25) is 0 Å². The molecule has 23 heavy (non-hydrogen) atoms. The molecule has 3 heterocycles. The number of carbonyl (C=O) groups excluding carboxylic acids is 1. The maximum absolute atomic E-state index is 12.4. The molecule has 0 aliphatic carbocycles. The molecule has 1 saturated heterocycles. The molecular weight excluding hydrogens is 300 g/mol. The van der Waals surface area contributed by atoms with E-state index in [1.807, 2.05) is 0 Å². The largest absolute Gasteiger partial charge is 0.376 e. The number of carbonyl (C=O) groups is 1. The number of anilines is 1. The molecular formula is C15H16N4O4. The molecule has 1 aliphatic heterocycles. The van der Waals surface area contributed by atoms with Gasteiger partial charge in [0.05, 0.1) is 12.6 Å². The van der Waals surface area contributed by atoms with E-state index in [2.05, 4.69) is 15.3 Å². The molecule has 3 rings (SSSR count). The summed E-state index contributed by atoms with van der Waals surface area (Å²) >= 11 is 0. The number of H-pyrrole nitrogens is 1. The Morgan fingerprint density at radius 3 is 2.87 bits per heavy atom. The van der Waals surface area contributed by atoms with Crippen LogP contribution in [0.3, 0.4) is 0 Å². The smallest absolute Gasteiger partial charge is 0.328 e. The van der Waals surface area contributed by atoms with Crippen LogP contribution in [0, 0.1) is 0 Å². The standard InChI is InChI=1S/C15H16N4O4/c20-13(18-10-3-5-16-6-4-10)12-8-17-15(22)19(14(12)21)9-11-2-1-7-23-11/h3-6,8,11H,1-2,7,9H2,(H,17,22)(H,16,18,20). The Hall–Kier alpha value is -2.74. The fourth-order valence-electron chi connectivity index (χ4n) is 2.47. The van der Waals surface area contributed by atoms with Crippen molar-refractivity contribution in [3.63, 3.8) is 0 Å². The van der Waals surface area contributed by atoms with Crippen molar-refractivity contribution in [1.29, 1.82) is 0 Å². The van der Waals surface area contributed by atoms with Crippen molar-refractivity contribution in [1.82, 2.24) is 14.5 Å². The van der Waals surface area contributed by atoms with E-state index in [0.717, 1.165) is 23.6 Å². The van der Waals surface area contributed by atoms with Crippen LogP contribution in [0.4, 0.5) is 5.69 Å². The highest BCUT2D eigenvalue weighted by molar-refractivity contribution is 6.03. The van der Waals surface area contributed by atoms with Crippen LogP contribution in [0.1, 0.15) is 23.2 Å². The monoisotopic (exact) mass is 316 g/mol. The van der Waals surface area contributed by atoms with Gasteiger partial charge in [0.25, 0.3) is 11.5 Å². The van der Waals surface area contributed by atoms with Crippen molar-refractivity contribution in [3.8, 4) is 0 Å². The van der Waals surface area contributed by atoms with E-state index in [1.165, 1.54) is 12.4 Å². The summed E-state index contributed by atoms with van der Waals surface area (Å²) in [5.41, 5.74) is -0.789. The summed E-state index contributed by atoms with van der Waals surface area (Å²) < 4.78 is 6.45. The van der Waals surface area contributed by atoms with Crippen molar-refractivity contribution in [3.05, 3.63) is 57.1 Å². The topological polar surface area (TPSA) is 106 Å².